The fraction of sp³-hybridized carbons (Fsp3) is 0.423. The molecule has 1 aromatic carbocycles. The molecule has 2 heterocycles. The first-order valence-electron chi connectivity index (χ1n) is 11.5. The summed E-state index contributed by atoms with van der Waals surface area (Å²) in [6, 6.07) is 8.72. The number of hydrogen-bond donors (Lipinski definition) is 0. The van der Waals surface area contributed by atoms with Gasteiger partial charge in [-0.3, -0.25) is 4.79 Å². The van der Waals surface area contributed by atoms with E-state index in [-0.39, 0.29) is 24.2 Å². The van der Waals surface area contributed by atoms with Crippen molar-refractivity contribution in [2.45, 2.75) is 58.1 Å². The zero-order chi connectivity index (χ0) is 25.6. The molecule has 0 aliphatic carbocycles. The summed E-state index contributed by atoms with van der Waals surface area (Å²) in [6.07, 6.45) is 3.07. The summed E-state index contributed by atoms with van der Waals surface area (Å²) in [5.74, 6) is -5.36. The number of amides is 1. The van der Waals surface area contributed by atoms with Crippen molar-refractivity contribution in [2.75, 3.05) is 13.2 Å². The quantitative estimate of drug-likeness (QED) is 0.307. The number of thiophene rings is 1. The average Bonchev–Trinajstić information content (AvgIpc) is 3.27. The number of esters is 1. The molecule has 188 valence electrons. The van der Waals surface area contributed by atoms with E-state index in [0.717, 1.165) is 11.0 Å². The van der Waals surface area contributed by atoms with Gasteiger partial charge >= 0.3 is 18.0 Å². The lowest BCUT2D eigenvalue weighted by atomic mass is 10.0. The molecule has 1 saturated heterocycles. The van der Waals surface area contributed by atoms with Gasteiger partial charge < -0.3 is 14.4 Å². The van der Waals surface area contributed by atoms with Crippen LogP contribution in [0.3, 0.4) is 0 Å². The summed E-state index contributed by atoms with van der Waals surface area (Å²) < 4.78 is 39.6. The lowest BCUT2D eigenvalue weighted by Crippen LogP contribution is -2.45. The van der Waals surface area contributed by atoms with E-state index in [2.05, 4.69) is 0 Å². The van der Waals surface area contributed by atoms with E-state index in [1.807, 2.05) is 6.07 Å². The number of cyclic esters (lactones) is 1. The molecule has 0 saturated carbocycles. The van der Waals surface area contributed by atoms with Gasteiger partial charge in [-0.1, -0.05) is 29.8 Å². The summed E-state index contributed by atoms with van der Waals surface area (Å²) in [7, 11) is 0. The number of aryl methyl sites for hydroxylation is 2. The van der Waals surface area contributed by atoms with Crippen LogP contribution in [0.2, 0.25) is 0 Å². The molecule has 0 spiro atoms. The van der Waals surface area contributed by atoms with Gasteiger partial charge in [0.2, 0.25) is 5.78 Å². The van der Waals surface area contributed by atoms with Gasteiger partial charge in [-0.2, -0.15) is 8.78 Å². The molecule has 1 fully saturated rings. The predicted molar refractivity (Wildman–Crippen MR) is 129 cm³/mol. The van der Waals surface area contributed by atoms with E-state index >= 15 is 0 Å². The number of halogens is 2. The highest BCUT2D eigenvalue weighted by Gasteiger charge is 2.39. The Balaban J connectivity index is 1.60. The van der Waals surface area contributed by atoms with Gasteiger partial charge in [0.15, 0.2) is 0 Å². The Morgan fingerprint density at radius 3 is 2.77 bits per heavy atom. The van der Waals surface area contributed by atoms with E-state index in [0.29, 0.717) is 36.2 Å². The number of rotatable bonds is 10. The number of allylic oxidation sites excluding steroid dienone is 1. The Bertz CT molecular complexity index is 1090. The first-order chi connectivity index (χ1) is 16.6. The molecule has 3 rings (SSSR count). The van der Waals surface area contributed by atoms with Crippen LogP contribution < -0.4 is 0 Å². The molecule has 6 nitrogen and oxygen atoms in total. The predicted octanol–water partition coefficient (Wildman–Crippen LogP) is 5.68. The van der Waals surface area contributed by atoms with Gasteiger partial charge in [0.25, 0.3) is 0 Å². The maximum atomic E-state index is 14.6. The lowest BCUT2D eigenvalue weighted by Gasteiger charge is -2.33. The minimum atomic E-state index is -3.66. The van der Waals surface area contributed by atoms with Gasteiger partial charge in [0.05, 0.1) is 18.8 Å². The highest BCUT2D eigenvalue weighted by molar-refractivity contribution is 7.13. The van der Waals surface area contributed by atoms with Crippen LogP contribution in [0.1, 0.15) is 52.4 Å². The first kappa shape index (κ1) is 26.5. The molecule has 1 aliphatic heterocycles. The number of alkyl halides is 2. The summed E-state index contributed by atoms with van der Waals surface area (Å²) >= 11 is 1.34. The second kappa shape index (κ2) is 11.6. The van der Waals surface area contributed by atoms with E-state index in [9.17, 15) is 23.2 Å². The van der Waals surface area contributed by atoms with Crippen molar-refractivity contribution in [3.8, 4) is 0 Å². The molecular weight excluding hydrogens is 476 g/mol. The van der Waals surface area contributed by atoms with Crippen molar-refractivity contribution >= 4 is 29.2 Å². The maximum absolute atomic E-state index is 14.6. The second-order valence-corrected chi connectivity index (χ2v) is 9.82. The van der Waals surface area contributed by atoms with Gasteiger partial charge in [-0.15, -0.1) is 11.3 Å². The monoisotopic (exact) mass is 505 g/mol. The van der Waals surface area contributed by atoms with E-state index in [1.165, 1.54) is 40.5 Å². The number of carbonyl (C=O) groups excluding carboxylic acids is 3. The zero-order valence-electron chi connectivity index (χ0n) is 20.0. The summed E-state index contributed by atoms with van der Waals surface area (Å²) in [5, 5.41) is 0. The molecule has 0 bridgehead atoms. The third kappa shape index (κ3) is 6.97. The molecule has 0 unspecified atom stereocenters. The number of benzene rings is 1. The lowest BCUT2D eigenvalue weighted by molar-refractivity contribution is -0.139. The minimum Gasteiger partial charge on any atom is -0.459 e. The first-order valence-corrected chi connectivity index (χ1v) is 12.3. The third-order valence-corrected chi connectivity index (χ3v) is 6.59. The largest absolute Gasteiger partial charge is 0.459 e. The second-order valence-electron chi connectivity index (χ2n) is 8.65. The van der Waals surface area contributed by atoms with Crippen LogP contribution in [-0.4, -0.2) is 48.0 Å². The molecule has 1 amide bonds. The van der Waals surface area contributed by atoms with Crippen LogP contribution in [-0.2, 0) is 26.6 Å². The highest BCUT2D eigenvalue weighted by atomic mass is 32.1. The number of carbonyl (C=O) groups is 3. The average molecular weight is 506 g/mol. The molecule has 2 aromatic rings. The third-order valence-electron chi connectivity index (χ3n) is 5.46. The Morgan fingerprint density at radius 2 is 2.06 bits per heavy atom. The number of nitrogens with zero attached hydrogens (tertiary/aromatic N) is 1. The highest BCUT2D eigenvalue weighted by Crippen LogP contribution is 2.30. The fourth-order valence-corrected chi connectivity index (χ4v) is 4.63. The van der Waals surface area contributed by atoms with Gasteiger partial charge in [-0.05, 0) is 57.9 Å². The van der Waals surface area contributed by atoms with E-state index in [4.69, 9.17) is 9.47 Å². The summed E-state index contributed by atoms with van der Waals surface area (Å²) in [5.41, 5.74) is 0.273. The van der Waals surface area contributed by atoms with Crippen molar-refractivity contribution < 1.29 is 32.6 Å². The zero-order valence-corrected chi connectivity index (χ0v) is 20.8. The molecular formula is C26H29F2NO5S. The summed E-state index contributed by atoms with van der Waals surface area (Å²) in [4.78, 5) is 39.6. The van der Waals surface area contributed by atoms with Crippen LogP contribution in [0.25, 0.3) is 0 Å². The Hall–Kier alpha value is -3.07. The molecule has 1 aliphatic rings. The van der Waals surface area contributed by atoms with Crippen LogP contribution in [0.15, 0.2) is 48.6 Å². The Kier molecular flexibility index (Phi) is 8.77. The SMILES string of the molecule is Cc1cccc(C(F)(F)C(=O)/C=C/[C@H]2CCOC(=O)N2CCCc2ccc(C(=O)OC(C)C)s2)c1. The molecule has 0 radical (unpaired) electrons. The van der Waals surface area contributed by atoms with Crippen LogP contribution in [0, 0.1) is 6.92 Å². The number of ketones is 1. The standard InChI is InChI=1S/C26H29F2NO5S/c1-17(2)34-24(31)22-11-10-21(35-22)8-5-14-29-20(13-15-33-25(29)32)9-12-23(30)26(27,28)19-7-4-6-18(3)16-19/h4,6-7,9-12,16-17,20H,5,8,13-15H2,1-3H3/b12-9+/t20-/m0/s1. The molecule has 0 N–H and O–H groups in total. The Labute approximate surface area is 207 Å². The molecule has 35 heavy (non-hydrogen) atoms. The van der Waals surface area contributed by atoms with Gasteiger partial charge in [-0.25, -0.2) is 9.59 Å². The molecule has 1 aromatic heterocycles. The fourth-order valence-electron chi connectivity index (χ4n) is 3.70. The van der Waals surface area contributed by atoms with Gasteiger partial charge in [0.1, 0.15) is 4.88 Å². The van der Waals surface area contributed by atoms with E-state index in [1.54, 1.807) is 32.9 Å². The topological polar surface area (TPSA) is 72.9 Å². The molecule has 9 heteroatoms. The smallest absolute Gasteiger partial charge is 0.410 e. The Morgan fingerprint density at radius 1 is 1.29 bits per heavy atom. The van der Waals surface area contributed by atoms with Crippen molar-refractivity contribution in [1.29, 1.82) is 0 Å². The molecule has 1 atom stereocenters. The van der Waals surface area contributed by atoms with Crippen LogP contribution in [0.5, 0.6) is 0 Å². The van der Waals surface area contributed by atoms with Crippen molar-refractivity contribution in [3.05, 3.63) is 69.4 Å². The van der Waals surface area contributed by atoms with Crippen molar-refractivity contribution in [2.24, 2.45) is 0 Å². The van der Waals surface area contributed by atoms with Crippen LogP contribution in [0.4, 0.5) is 13.6 Å². The number of ether oxygens (including phenoxy) is 2. The van der Waals surface area contributed by atoms with Crippen molar-refractivity contribution in [3.63, 3.8) is 0 Å². The maximum Gasteiger partial charge on any atom is 0.410 e. The van der Waals surface area contributed by atoms with Gasteiger partial charge in [0, 0.05) is 23.4 Å². The van der Waals surface area contributed by atoms with Crippen LogP contribution >= 0.6 is 11.3 Å². The minimum absolute atomic E-state index is 0.152. The van der Waals surface area contributed by atoms with Crippen molar-refractivity contribution in [1.82, 2.24) is 4.90 Å². The number of hydrogen-bond acceptors (Lipinski definition) is 6. The normalized spacial score (nSPS) is 16.6. The van der Waals surface area contributed by atoms with E-state index < -0.39 is 23.8 Å². The summed E-state index contributed by atoms with van der Waals surface area (Å²) in [6.45, 7) is 5.72.